The van der Waals surface area contributed by atoms with Gasteiger partial charge in [-0.2, -0.15) is 0 Å². The lowest BCUT2D eigenvalue weighted by atomic mass is 10.1. The van der Waals surface area contributed by atoms with E-state index < -0.39 is 10.0 Å². The average molecular weight is 452 g/mol. The second-order valence-corrected chi connectivity index (χ2v) is 9.35. The van der Waals surface area contributed by atoms with Crippen molar-refractivity contribution in [1.82, 2.24) is 4.31 Å². The van der Waals surface area contributed by atoms with E-state index in [4.69, 9.17) is 9.47 Å². The molecule has 6 nitrogen and oxygen atoms in total. The van der Waals surface area contributed by atoms with Crippen molar-refractivity contribution in [2.45, 2.75) is 11.5 Å². The van der Waals surface area contributed by atoms with Crippen molar-refractivity contribution < 1.29 is 22.7 Å². The van der Waals surface area contributed by atoms with Crippen LogP contribution in [0.3, 0.4) is 0 Å². The average Bonchev–Trinajstić information content (AvgIpc) is 2.81. The highest BCUT2D eigenvalue weighted by molar-refractivity contribution is 7.89. The molecule has 0 amide bonds. The van der Waals surface area contributed by atoms with E-state index in [0.29, 0.717) is 23.7 Å². The van der Waals surface area contributed by atoms with Crippen LogP contribution >= 0.6 is 0 Å². The number of rotatable bonds is 9. The third-order valence-corrected chi connectivity index (χ3v) is 6.60. The Hall–Kier alpha value is -3.42. The predicted octanol–water partition coefficient (Wildman–Crippen LogP) is 4.42. The first-order chi connectivity index (χ1) is 15.3. The maximum Gasteiger partial charge on any atom is 0.242 e. The Balaban J connectivity index is 1.73. The van der Waals surface area contributed by atoms with Gasteiger partial charge in [0.25, 0.3) is 0 Å². The molecule has 7 heteroatoms. The quantitative estimate of drug-likeness (QED) is 0.356. The smallest absolute Gasteiger partial charge is 0.242 e. The molecule has 0 aliphatic rings. The summed E-state index contributed by atoms with van der Waals surface area (Å²) >= 11 is 0. The van der Waals surface area contributed by atoms with Crippen molar-refractivity contribution in [3.63, 3.8) is 0 Å². The lowest BCUT2D eigenvalue weighted by Crippen LogP contribution is -2.22. The Bertz CT molecular complexity index is 1200. The Morgan fingerprint density at radius 2 is 1.62 bits per heavy atom. The van der Waals surface area contributed by atoms with Gasteiger partial charge in [0.15, 0.2) is 17.3 Å². The van der Waals surface area contributed by atoms with Gasteiger partial charge >= 0.3 is 0 Å². The largest absolute Gasteiger partial charge is 0.493 e. The van der Waals surface area contributed by atoms with Crippen LogP contribution in [0, 0.1) is 0 Å². The van der Waals surface area contributed by atoms with Gasteiger partial charge in [0.1, 0.15) is 6.61 Å². The van der Waals surface area contributed by atoms with Gasteiger partial charge in [0.05, 0.1) is 12.0 Å². The molecule has 3 aromatic rings. The molecule has 3 aromatic carbocycles. The van der Waals surface area contributed by atoms with E-state index in [1.807, 2.05) is 36.4 Å². The number of nitrogens with zero attached hydrogens (tertiary/aromatic N) is 1. The molecule has 0 radical (unpaired) electrons. The summed E-state index contributed by atoms with van der Waals surface area (Å²) in [5.74, 6) is 0.938. The monoisotopic (exact) mass is 451 g/mol. The van der Waals surface area contributed by atoms with Crippen LogP contribution in [0.1, 0.15) is 21.5 Å². The highest BCUT2D eigenvalue weighted by Gasteiger charge is 2.17. The highest BCUT2D eigenvalue weighted by Crippen LogP contribution is 2.29. The maximum atomic E-state index is 12.5. The molecular weight excluding hydrogens is 426 g/mol. The van der Waals surface area contributed by atoms with Crippen LogP contribution in [-0.4, -0.2) is 39.7 Å². The highest BCUT2D eigenvalue weighted by atomic mass is 32.2. The van der Waals surface area contributed by atoms with E-state index in [0.717, 1.165) is 15.4 Å². The zero-order valence-electron chi connectivity index (χ0n) is 18.2. The minimum absolute atomic E-state index is 0.137. The second-order valence-electron chi connectivity index (χ2n) is 7.19. The van der Waals surface area contributed by atoms with Gasteiger partial charge in [0.2, 0.25) is 10.0 Å². The Morgan fingerprint density at radius 3 is 2.25 bits per heavy atom. The molecule has 0 aliphatic heterocycles. The van der Waals surface area contributed by atoms with Gasteiger partial charge in [-0.1, -0.05) is 42.5 Å². The number of carbonyl (C=O) groups excluding carboxylic acids is 1. The first-order valence-electron chi connectivity index (χ1n) is 9.91. The van der Waals surface area contributed by atoms with Crippen LogP contribution in [0.2, 0.25) is 0 Å². The number of hydrogen-bond donors (Lipinski definition) is 0. The number of ether oxygens (including phenoxy) is 2. The van der Waals surface area contributed by atoms with Crippen molar-refractivity contribution in [2.75, 3.05) is 21.2 Å². The van der Waals surface area contributed by atoms with E-state index in [1.54, 1.807) is 25.3 Å². The Kier molecular flexibility index (Phi) is 7.45. The number of methoxy groups -OCH3 is 1. The number of allylic oxidation sites excluding steroid dienone is 1. The molecule has 0 saturated carbocycles. The lowest BCUT2D eigenvalue weighted by Gasteiger charge is -2.11. The van der Waals surface area contributed by atoms with Crippen LogP contribution in [0.25, 0.3) is 6.08 Å². The van der Waals surface area contributed by atoms with Crippen molar-refractivity contribution in [2.24, 2.45) is 0 Å². The SMILES string of the molecule is COc1ccc(C=CC(=O)c2ccc(S(=O)(=O)N(C)C)cc2)cc1OCc1ccccc1. The minimum atomic E-state index is -3.53. The zero-order valence-corrected chi connectivity index (χ0v) is 19.0. The first-order valence-corrected chi connectivity index (χ1v) is 11.3. The Labute approximate surface area is 188 Å². The zero-order chi connectivity index (χ0) is 23.1. The molecule has 0 aromatic heterocycles. The van der Waals surface area contributed by atoms with Crippen LogP contribution in [0.5, 0.6) is 11.5 Å². The second kappa shape index (κ2) is 10.3. The number of hydrogen-bond acceptors (Lipinski definition) is 5. The third kappa shape index (κ3) is 5.63. The molecule has 32 heavy (non-hydrogen) atoms. The topological polar surface area (TPSA) is 72.9 Å². The molecule has 0 spiro atoms. The van der Waals surface area contributed by atoms with Gasteiger partial charge in [-0.3, -0.25) is 4.79 Å². The molecule has 0 unspecified atom stereocenters. The van der Waals surface area contributed by atoms with Crippen LogP contribution in [-0.2, 0) is 16.6 Å². The van der Waals surface area contributed by atoms with Crippen molar-refractivity contribution in [1.29, 1.82) is 0 Å². The maximum absolute atomic E-state index is 12.5. The number of benzene rings is 3. The van der Waals surface area contributed by atoms with E-state index >= 15 is 0 Å². The fraction of sp³-hybridized carbons (Fsp3) is 0.160. The summed E-state index contributed by atoms with van der Waals surface area (Å²) in [6.07, 6.45) is 3.12. The lowest BCUT2D eigenvalue weighted by molar-refractivity contribution is 0.104. The summed E-state index contributed by atoms with van der Waals surface area (Å²) in [5.41, 5.74) is 2.20. The number of carbonyl (C=O) groups is 1. The van der Waals surface area contributed by atoms with Gasteiger partial charge in [0, 0.05) is 19.7 Å². The minimum Gasteiger partial charge on any atom is -0.493 e. The molecule has 0 atom stereocenters. The summed E-state index contributed by atoms with van der Waals surface area (Å²) in [4.78, 5) is 12.7. The summed E-state index contributed by atoms with van der Waals surface area (Å²) in [6, 6.07) is 21.1. The van der Waals surface area contributed by atoms with Crippen molar-refractivity contribution in [3.8, 4) is 11.5 Å². The molecule has 166 valence electrons. The summed E-state index contributed by atoms with van der Waals surface area (Å²) in [5, 5.41) is 0. The number of ketones is 1. The third-order valence-electron chi connectivity index (χ3n) is 4.77. The fourth-order valence-corrected chi connectivity index (χ4v) is 3.82. The number of sulfonamides is 1. The van der Waals surface area contributed by atoms with E-state index in [1.165, 1.54) is 44.4 Å². The predicted molar refractivity (Wildman–Crippen MR) is 124 cm³/mol. The van der Waals surface area contributed by atoms with Crippen molar-refractivity contribution in [3.05, 3.63) is 95.6 Å². The van der Waals surface area contributed by atoms with Gasteiger partial charge < -0.3 is 9.47 Å². The summed E-state index contributed by atoms with van der Waals surface area (Å²) in [6.45, 7) is 0.394. The molecule has 0 bridgehead atoms. The summed E-state index contributed by atoms with van der Waals surface area (Å²) in [7, 11) is 0.964. The molecule has 0 heterocycles. The van der Waals surface area contributed by atoms with E-state index in [2.05, 4.69) is 0 Å². The molecular formula is C25H25NO5S. The van der Waals surface area contributed by atoms with Crippen LogP contribution < -0.4 is 9.47 Å². The first kappa shape index (κ1) is 23.2. The summed E-state index contributed by atoms with van der Waals surface area (Å²) < 4.78 is 36.7. The van der Waals surface area contributed by atoms with E-state index in [9.17, 15) is 13.2 Å². The van der Waals surface area contributed by atoms with E-state index in [-0.39, 0.29) is 10.7 Å². The normalized spacial score (nSPS) is 11.6. The molecule has 0 N–H and O–H groups in total. The molecule has 0 aliphatic carbocycles. The van der Waals surface area contributed by atoms with Gasteiger partial charge in [-0.05, 0) is 53.6 Å². The molecule has 3 rings (SSSR count). The standard InChI is InChI=1S/C25H25NO5S/c1-26(2)32(28,29)22-13-11-21(12-14-22)23(27)15-9-19-10-16-24(30-3)25(17-19)31-18-20-7-5-4-6-8-20/h4-17H,18H2,1-3H3. The van der Waals surface area contributed by atoms with Gasteiger partial charge in [-0.25, -0.2) is 12.7 Å². The molecule has 0 saturated heterocycles. The Morgan fingerprint density at radius 1 is 0.938 bits per heavy atom. The molecule has 0 fully saturated rings. The van der Waals surface area contributed by atoms with Crippen LogP contribution in [0.4, 0.5) is 0 Å². The van der Waals surface area contributed by atoms with Crippen LogP contribution in [0.15, 0.2) is 83.8 Å². The fourth-order valence-electron chi connectivity index (χ4n) is 2.92. The van der Waals surface area contributed by atoms with Crippen molar-refractivity contribution >= 4 is 21.9 Å². The van der Waals surface area contributed by atoms with Gasteiger partial charge in [-0.15, -0.1) is 0 Å².